The first-order valence-corrected chi connectivity index (χ1v) is 8.79. The molecule has 29 heavy (non-hydrogen) atoms. The fraction of sp³-hybridized carbons (Fsp3) is 0.200. The Balaban J connectivity index is 1.93. The quantitative estimate of drug-likeness (QED) is 0.465. The van der Waals surface area contributed by atoms with E-state index in [1.54, 1.807) is 48.7 Å². The van der Waals surface area contributed by atoms with E-state index in [0.29, 0.717) is 18.7 Å². The summed E-state index contributed by atoms with van der Waals surface area (Å²) in [4.78, 5) is 41.5. The Bertz CT molecular complexity index is 1060. The van der Waals surface area contributed by atoms with E-state index in [9.17, 15) is 14.4 Å². The summed E-state index contributed by atoms with van der Waals surface area (Å²) in [5, 5.41) is 5.36. The number of amides is 2. The summed E-state index contributed by atoms with van der Waals surface area (Å²) in [6, 6.07) is 11.6. The third-order valence-corrected chi connectivity index (χ3v) is 4.14. The molecular weight excluding hydrogens is 376 g/mol. The third-order valence-electron chi connectivity index (χ3n) is 4.14. The summed E-state index contributed by atoms with van der Waals surface area (Å²) in [7, 11) is 2.80. The zero-order valence-corrected chi connectivity index (χ0v) is 16.0. The first-order chi connectivity index (χ1) is 14.1. The zero-order chi connectivity index (χ0) is 20.8. The van der Waals surface area contributed by atoms with E-state index in [1.165, 1.54) is 18.6 Å². The van der Waals surface area contributed by atoms with Crippen LogP contribution in [0.25, 0.3) is 5.52 Å². The molecule has 2 N–H and O–H groups in total. The number of ether oxygens (including phenoxy) is 2. The lowest BCUT2D eigenvalue weighted by molar-refractivity contribution is 0.0601. The molecule has 150 valence electrons. The number of nitrogens with zero attached hydrogens (tertiary/aromatic N) is 2. The van der Waals surface area contributed by atoms with Crippen LogP contribution in [0.3, 0.4) is 0 Å². The minimum Gasteiger partial charge on any atom is -0.465 e. The van der Waals surface area contributed by atoms with Crippen LogP contribution in [0, 0.1) is 0 Å². The summed E-state index contributed by atoms with van der Waals surface area (Å²) >= 11 is 0. The van der Waals surface area contributed by atoms with Gasteiger partial charge in [-0.3, -0.25) is 14.0 Å². The van der Waals surface area contributed by atoms with Crippen molar-refractivity contribution in [2.45, 2.75) is 0 Å². The number of carbonyl (C=O) groups is 3. The molecule has 0 bridgehead atoms. The van der Waals surface area contributed by atoms with E-state index in [0.717, 1.165) is 0 Å². The maximum absolute atomic E-state index is 12.9. The van der Waals surface area contributed by atoms with Crippen LogP contribution in [-0.4, -0.2) is 54.5 Å². The molecule has 0 aliphatic carbocycles. The molecule has 0 radical (unpaired) electrons. The number of esters is 1. The molecule has 0 unspecified atom stereocenters. The maximum Gasteiger partial charge on any atom is 0.339 e. The van der Waals surface area contributed by atoms with E-state index in [2.05, 4.69) is 15.6 Å². The van der Waals surface area contributed by atoms with Gasteiger partial charge in [0.25, 0.3) is 11.8 Å². The van der Waals surface area contributed by atoms with Crippen molar-refractivity contribution in [2.24, 2.45) is 0 Å². The van der Waals surface area contributed by atoms with E-state index >= 15 is 0 Å². The number of carbonyl (C=O) groups excluding carboxylic acids is 3. The number of methoxy groups -OCH3 is 2. The van der Waals surface area contributed by atoms with Gasteiger partial charge in [-0.25, -0.2) is 9.78 Å². The number of fused-ring (bicyclic) bond motifs is 1. The van der Waals surface area contributed by atoms with Crippen LogP contribution in [-0.2, 0) is 9.47 Å². The van der Waals surface area contributed by atoms with Crippen molar-refractivity contribution in [1.82, 2.24) is 14.7 Å². The molecule has 0 saturated heterocycles. The number of rotatable bonds is 7. The molecule has 2 aromatic heterocycles. The molecule has 0 fully saturated rings. The van der Waals surface area contributed by atoms with E-state index in [-0.39, 0.29) is 22.8 Å². The molecule has 2 amide bonds. The molecule has 0 spiro atoms. The molecule has 0 saturated carbocycles. The van der Waals surface area contributed by atoms with Crippen molar-refractivity contribution in [3.8, 4) is 0 Å². The molecule has 0 aliphatic rings. The summed E-state index contributed by atoms with van der Waals surface area (Å²) in [5.41, 5.74) is 1.09. The van der Waals surface area contributed by atoms with E-state index in [1.807, 2.05) is 0 Å². The highest BCUT2D eigenvalue weighted by Gasteiger charge is 2.22. The second-order valence-corrected chi connectivity index (χ2v) is 5.98. The molecule has 3 aromatic rings. The third kappa shape index (κ3) is 4.25. The van der Waals surface area contributed by atoms with Crippen molar-refractivity contribution in [3.63, 3.8) is 0 Å². The SMILES string of the molecule is COCCNC(=O)c1nc(C(=O)Nc2ccccc2C(=O)OC)n2ccccc12. The van der Waals surface area contributed by atoms with Gasteiger partial charge in [0.15, 0.2) is 5.69 Å². The average molecular weight is 396 g/mol. The average Bonchev–Trinajstić information content (AvgIpc) is 3.13. The Hall–Kier alpha value is -3.72. The number of imidazole rings is 1. The molecule has 0 atom stereocenters. The lowest BCUT2D eigenvalue weighted by atomic mass is 10.2. The second kappa shape index (κ2) is 8.98. The normalized spacial score (nSPS) is 10.6. The monoisotopic (exact) mass is 396 g/mol. The van der Waals surface area contributed by atoms with Gasteiger partial charge in [-0.05, 0) is 24.3 Å². The zero-order valence-electron chi connectivity index (χ0n) is 16.0. The minimum absolute atomic E-state index is 0.0113. The standard InChI is InChI=1S/C20H20N4O5/c1-28-12-10-21-18(25)16-15-9-5-6-11-24(15)17(23-16)19(26)22-14-8-4-3-7-13(14)20(27)29-2/h3-9,11H,10,12H2,1-2H3,(H,21,25)(H,22,26). The number of hydrogen-bond acceptors (Lipinski definition) is 6. The van der Waals surface area contributed by atoms with Crippen LogP contribution >= 0.6 is 0 Å². The largest absolute Gasteiger partial charge is 0.465 e. The number of benzene rings is 1. The highest BCUT2D eigenvalue weighted by atomic mass is 16.5. The Kier molecular flexibility index (Phi) is 6.20. The second-order valence-electron chi connectivity index (χ2n) is 5.98. The van der Waals surface area contributed by atoms with Crippen LogP contribution in [0.1, 0.15) is 31.5 Å². The van der Waals surface area contributed by atoms with E-state index < -0.39 is 17.8 Å². The molecule has 9 nitrogen and oxygen atoms in total. The van der Waals surface area contributed by atoms with Crippen molar-refractivity contribution in [3.05, 3.63) is 65.7 Å². The number of para-hydroxylation sites is 1. The van der Waals surface area contributed by atoms with Crippen molar-refractivity contribution >= 4 is 29.0 Å². The van der Waals surface area contributed by atoms with Crippen molar-refractivity contribution < 1.29 is 23.9 Å². The van der Waals surface area contributed by atoms with Gasteiger partial charge in [0.2, 0.25) is 5.82 Å². The lowest BCUT2D eigenvalue weighted by Gasteiger charge is -2.09. The summed E-state index contributed by atoms with van der Waals surface area (Å²) in [6.45, 7) is 0.671. The summed E-state index contributed by atoms with van der Waals surface area (Å²) in [6.07, 6.45) is 1.63. The molecule has 9 heteroatoms. The maximum atomic E-state index is 12.9. The van der Waals surface area contributed by atoms with Crippen LogP contribution in [0.4, 0.5) is 5.69 Å². The number of anilines is 1. The minimum atomic E-state index is -0.577. The van der Waals surface area contributed by atoms with E-state index in [4.69, 9.17) is 9.47 Å². The fourth-order valence-electron chi connectivity index (χ4n) is 2.77. The number of pyridine rings is 1. The Labute approximate surface area is 166 Å². The highest BCUT2D eigenvalue weighted by Crippen LogP contribution is 2.19. The van der Waals surface area contributed by atoms with Crippen LogP contribution in [0.15, 0.2) is 48.7 Å². The van der Waals surface area contributed by atoms with Crippen molar-refractivity contribution in [2.75, 3.05) is 32.7 Å². The van der Waals surface area contributed by atoms with Gasteiger partial charge < -0.3 is 20.1 Å². The molecule has 0 aliphatic heterocycles. The van der Waals surface area contributed by atoms with Crippen LogP contribution < -0.4 is 10.6 Å². The van der Waals surface area contributed by atoms with Gasteiger partial charge in [-0.2, -0.15) is 0 Å². The summed E-state index contributed by atoms with van der Waals surface area (Å²) in [5.74, 6) is -1.55. The number of aromatic nitrogens is 2. The predicted molar refractivity (Wildman–Crippen MR) is 105 cm³/mol. The molecule has 2 heterocycles. The van der Waals surface area contributed by atoms with Gasteiger partial charge in [0, 0.05) is 19.9 Å². The highest BCUT2D eigenvalue weighted by molar-refractivity contribution is 6.08. The first kappa shape index (κ1) is 20.0. The van der Waals surface area contributed by atoms with Crippen LogP contribution in [0.2, 0.25) is 0 Å². The van der Waals surface area contributed by atoms with Crippen LogP contribution in [0.5, 0.6) is 0 Å². The Morgan fingerprint density at radius 1 is 1.03 bits per heavy atom. The Morgan fingerprint density at radius 2 is 1.79 bits per heavy atom. The smallest absolute Gasteiger partial charge is 0.339 e. The molecule has 1 aromatic carbocycles. The first-order valence-electron chi connectivity index (χ1n) is 8.79. The van der Waals surface area contributed by atoms with Crippen molar-refractivity contribution in [1.29, 1.82) is 0 Å². The molecule has 3 rings (SSSR count). The predicted octanol–water partition coefficient (Wildman–Crippen LogP) is 1.75. The van der Waals surface area contributed by atoms with Gasteiger partial charge in [0.05, 0.1) is 30.5 Å². The molecular formula is C20H20N4O5. The fourth-order valence-corrected chi connectivity index (χ4v) is 2.77. The topological polar surface area (TPSA) is 111 Å². The van der Waals surface area contributed by atoms with Gasteiger partial charge >= 0.3 is 5.97 Å². The number of hydrogen-bond donors (Lipinski definition) is 2. The van der Waals surface area contributed by atoms with Gasteiger partial charge in [0.1, 0.15) is 0 Å². The number of nitrogens with one attached hydrogen (secondary N) is 2. The Morgan fingerprint density at radius 3 is 2.55 bits per heavy atom. The lowest BCUT2D eigenvalue weighted by Crippen LogP contribution is -2.27. The van der Waals surface area contributed by atoms with Gasteiger partial charge in [-0.1, -0.05) is 18.2 Å². The van der Waals surface area contributed by atoms with Gasteiger partial charge in [-0.15, -0.1) is 0 Å². The summed E-state index contributed by atoms with van der Waals surface area (Å²) < 4.78 is 11.2.